The minimum Gasteiger partial charge on any atom is -0.396 e. The lowest BCUT2D eigenvalue weighted by atomic mass is 9.97. The first-order chi connectivity index (χ1) is 17.9. The molecule has 5 aromatic rings. The summed E-state index contributed by atoms with van der Waals surface area (Å²) in [7, 11) is 3.42. The number of nitrogens with one attached hydrogen (secondary N) is 1. The summed E-state index contributed by atoms with van der Waals surface area (Å²) in [5, 5.41) is 24.2. The molecule has 6 rings (SSSR count). The lowest BCUT2D eigenvalue weighted by Crippen LogP contribution is -2.24. The molecular formula is C27H29FN6O3. The number of aliphatic hydroxyl groups is 2. The van der Waals surface area contributed by atoms with Gasteiger partial charge in [0.25, 0.3) is 0 Å². The number of aryl methyl sites for hydroxylation is 2. The molecule has 0 bridgehead atoms. The number of halogens is 1. The second-order valence-electron chi connectivity index (χ2n) is 9.90. The molecule has 0 radical (unpaired) electrons. The Morgan fingerprint density at radius 3 is 2.57 bits per heavy atom. The third kappa shape index (κ3) is 3.70. The number of rotatable bonds is 6. The standard InChI is InChI=1S/C27H29FN6O3/c1-32-14-18(25(28)31-32)23-21(16-9-7-15(8-10-16)20(36)11-12-35)22-24-19(13-29-26(22)30-23)33(2)27(37)34(24)17-5-3-4-6-17/h7-10,13-14,17,20,35-36H,3-6,11-12H2,1-2H3,(H,29,30). The number of aromatic amines is 1. The number of H-pyrrole nitrogens is 1. The van der Waals surface area contributed by atoms with E-state index in [1.54, 1.807) is 43.2 Å². The molecule has 37 heavy (non-hydrogen) atoms. The Balaban J connectivity index is 1.69. The minimum absolute atomic E-state index is 0.0834. The fraction of sp³-hybridized carbons (Fsp3) is 0.370. The molecule has 4 heterocycles. The third-order valence-electron chi connectivity index (χ3n) is 7.60. The van der Waals surface area contributed by atoms with E-state index < -0.39 is 12.1 Å². The first-order valence-corrected chi connectivity index (χ1v) is 12.6. The quantitative estimate of drug-likeness (QED) is 0.324. The first kappa shape index (κ1) is 23.6. The van der Waals surface area contributed by atoms with Gasteiger partial charge in [0.15, 0.2) is 0 Å². The fourth-order valence-corrected chi connectivity index (χ4v) is 5.76. The van der Waals surface area contributed by atoms with Crippen molar-refractivity contribution in [2.45, 2.75) is 44.2 Å². The summed E-state index contributed by atoms with van der Waals surface area (Å²) >= 11 is 0. The summed E-state index contributed by atoms with van der Waals surface area (Å²) in [6.07, 6.45) is 6.79. The number of aliphatic hydroxyl groups excluding tert-OH is 2. The van der Waals surface area contributed by atoms with E-state index >= 15 is 0 Å². The third-order valence-corrected chi connectivity index (χ3v) is 7.60. The number of benzene rings is 1. The van der Waals surface area contributed by atoms with E-state index in [1.807, 2.05) is 16.7 Å². The highest BCUT2D eigenvalue weighted by Gasteiger charge is 2.28. The molecular weight excluding hydrogens is 475 g/mol. The Kier molecular flexibility index (Phi) is 5.73. The largest absolute Gasteiger partial charge is 0.396 e. The van der Waals surface area contributed by atoms with E-state index in [1.165, 1.54) is 4.68 Å². The molecule has 9 nitrogen and oxygen atoms in total. The van der Waals surface area contributed by atoms with Gasteiger partial charge in [-0.15, -0.1) is 5.10 Å². The van der Waals surface area contributed by atoms with Crippen LogP contribution >= 0.6 is 0 Å². The number of pyridine rings is 1. The maximum atomic E-state index is 15.0. The predicted octanol–water partition coefficient (Wildman–Crippen LogP) is 3.95. The highest BCUT2D eigenvalue weighted by atomic mass is 19.1. The van der Waals surface area contributed by atoms with Crippen LogP contribution in [-0.2, 0) is 14.1 Å². The molecule has 3 N–H and O–H groups in total. The van der Waals surface area contributed by atoms with Crippen molar-refractivity contribution in [3.8, 4) is 22.4 Å². The van der Waals surface area contributed by atoms with Crippen LogP contribution in [0.4, 0.5) is 4.39 Å². The zero-order valence-corrected chi connectivity index (χ0v) is 20.8. The van der Waals surface area contributed by atoms with Gasteiger partial charge in [0.05, 0.1) is 40.0 Å². The van der Waals surface area contributed by atoms with Gasteiger partial charge >= 0.3 is 5.69 Å². The summed E-state index contributed by atoms with van der Waals surface area (Å²) in [6, 6.07) is 7.45. The zero-order valence-electron chi connectivity index (χ0n) is 20.8. The second kappa shape index (κ2) is 8.97. The van der Waals surface area contributed by atoms with Gasteiger partial charge in [-0.25, -0.2) is 9.78 Å². The molecule has 0 amide bonds. The van der Waals surface area contributed by atoms with Crippen molar-refractivity contribution in [2.75, 3.05) is 6.61 Å². The Morgan fingerprint density at radius 2 is 1.92 bits per heavy atom. The molecule has 1 atom stereocenters. The summed E-state index contributed by atoms with van der Waals surface area (Å²) in [5.41, 5.74) is 5.00. The van der Waals surface area contributed by atoms with Gasteiger partial charge in [0.1, 0.15) is 5.65 Å². The maximum Gasteiger partial charge on any atom is 0.329 e. The van der Waals surface area contributed by atoms with Crippen molar-refractivity contribution in [1.82, 2.24) is 28.9 Å². The van der Waals surface area contributed by atoms with E-state index in [0.717, 1.165) is 53.2 Å². The molecule has 1 fully saturated rings. The van der Waals surface area contributed by atoms with Crippen molar-refractivity contribution in [3.63, 3.8) is 0 Å². The second-order valence-corrected chi connectivity index (χ2v) is 9.90. The smallest absolute Gasteiger partial charge is 0.329 e. The molecule has 1 aromatic carbocycles. The van der Waals surface area contributed by atoms with Crippen LogP contribution in [0.15, 0.2) is 41.5 Å². The molecule has 0 aliphatic heterocycles. The molecule has 0 saturated heterocycles. The van der Waals surface area contributed by atoms with Crippen LogP contribution in [0.5, 0.6) is 0 Å². The van der Waals surface area contributed by atoms with Gasteiger partial charge in [-0.2, -0.15) is 4.39 Å². The van der Waals surface area contributed by atoms with Crippen LogP contribution in [0.3, 0.4) is 0 Å². The monoisotopic (exact) mass is 504 g/mol. The van der Waals surface area contributed by atoms with Crippen molar-refractivity contribution in [1.29, 1.82) is 0 Å². The van der Waals surface area contributed by atoms with Crippen molar-refractivity contribution >= 4 is 22.1 Å². The van der Waals surface area contributed by atoms with Crippen LogP contribution in [0, 0.1) is 5.95 Å². The van der Waals surface area contributed by atoms with E-state index in [9.17, 15) is 19.4 Å². The molecule has 0 spiro atoms. The number of nitrogens with zero attached hydrogens (tertiary/aromatic N) is 5. The van der Waals surface area contributed by atoms with Crippen LogP contribution in [0.25, 0.3) is 44.5 Å². The molecule has 4 aromatic heterocycles. The normalized spacial score (nSPS) is 15.4. The van der Waals surface area contributed by atoms with Crippen LogP contribution < -0.4 is 5.69 Å². The van der Waals surface area contributed by atoms with Crippen LogP contribution in [0.1, 0.15) is 49.8 Å². The van der Waals surface area contributed by atoms with Crippen LogP contribution in [0.2, 0.25) is 0 Å². The number of hydrogen-bond acceptors (Lipinski definition) is 5. The number of hydrogen-bond donors (Lipinski definition) is 3. The topological polar surface area (TPSA) is 114 Å². The van der Waals surface area contributed by atoms with Gasteiger partial charge in [0, 0.05) is 44.9 Å². The molecule has 1 saturated carbocycles. The summed E-state index contributed by atoms with van der Waals surface area (Å²) < 4.78 is 19.9. The predicted molar refractivity (Wildman–Crippen MR) is 139 cm³/mol. The Morgan fingerprint density at radius 1 is 1.19 bits per heavy atom. The fourth-order valence-electron chi connectivity index (χ4n) is 5.76. The van der Waals surface area contributed by atoms with Crippen molar-refractivity contribution in [3.05, 3.63) is 58.7 Å². The van der Waals surface area contributed by atoms with Crippen LogP contribution in [-0.4, -0.2) is 45.7 Å². The van der Waals surface area contributed by atoms with Gasteiger partial charge in [-0.1, -0.05) is 37.1 Å². The average Bonchev–Trinajstić information content (AvgIpc) is 3.66. The van der Waals surface area contributed by atoms with E-state index in [0.29, 0.717) is 22.5 Å². The Hall–Kier alpha value is -3.76. The Bertz CT molecular complexity index is 1670. The lowest BCUT2D eigenvalue weighted by molar-refractivity contribution is 0.134. The highest BCUT2D eigenvalue weighted by molar-refractivity contribution is 6.14. The van der Waals surface area contributed by atoms with Gasteiger partial charge in [-0.3, -0.25) is 13.8 Å². The van der Waals surface area contributed by atoms with E-state index in [4.69, 9.17) is 0 Å². The van der Waals surface area contributed by atoms with E-state index in [2.05, 4.69) is 15.1 Å². The SMILES string of the molecule is Cn1cc(-c2[nH]c3ncc4c(c3c2-c2ccc(C(O)CCO)cc2)n(C2CCCC2)c(=O)n4C)c(F)n1. The zero-order chi connectivity index (χ0) is 25.8. The molecule has 192 valence electrons. The molecule has 1 aliphatic rings. The van der Waals surface area contributed by atoms with Gasteiger partial charge < -0.3 is 15.2 Å². The average molecular weight is 505 g/mol. The molecule has 10 heteroatoms. The lowest BCUT2D eigenvalue weighted by Gasteiger charge is -2.13. The number of fused-ring (bicyclic) bond motifs is 3. The highest BCUT2D eigenvalue weighted by Crippen LogP contribution is 2.43. The van der Waals surface area contributed by atoms with E-state index in [-0.39, 0.29) is 24.8 Å². The molecule has 1 unspecified atom stereocenters. The summed E-state index contributed by atoms with van der Waals surface area (Å²) in [4.78, 5) is 21.4. The maximum absolute atomic E-state index is 15.0. The van der Waals surface area contributed by atoms with Gasteiger partial charge in [-0.05, 0) is 24.0 Å². The summed E-state index contributed by atoms with van der Waals surface area (Å²) in [6.45, 7) is -0.119. The number of imidazole rings is 1. The van der Waals surface area contributed by atoms with Crippen molar-refractivity contribution in [2.24, 2.45) is 14.1 Å². The summed E-state index contributed by atoms with van der Waals surface area (Å²) in [5.74, 6) is -0.609. The molecule has 1 aliphatic carbocycles. The Labute approximate surface area is 211 Å². The van der Waals surface area contributed by atoms with Gasteiger partial charge in [0.2, 0.25) is 5.95 Å². The number of aromatic nitrogens is 6. The van der Waals surface area contributed by atoms with Crippen molar-refractivity contribution < 1.29 is 14.6 Å². The minimum atomic E-state index is -0.785. The first-order valence-electron chi connectivity index (χ1n) is 12.6.